The Hall–Kier alpha value is -2.58. The number of ether oxygens (including phenoxy) is 2. The third kappa shape index (κ3) is 4.63. The van der Waals surface area contributed by atoms with E-state index in [0.29, 0.717) is 23.6 Å². The maximum absolute atomic E-state index is 12.5. The number of fused-ring (bicyclic) bond motifs is 1. The zero-order valence-electron chi connectivity index (χ0n) is 16.2. The Bertz CT molecular complexity index is 988. The molecule has 28 heavy (non-hydrogen) atoms. The molecule has 2 aromatic carbocycles. The number of aryl methyl sites for hydroxylation is 2. The number of carbonyl (C=O) groups is 1. The molecule has 3 rings (SSSR count). The maximum Gasteiger partial charge on any atom is 0.240 e. The predicted octanol–water partition coefficient (Wildman–Crippen LogP) is 2.36. The van der Waals surface area contributed by atoms with Crippen molar-refractivity contribution in [2.75, 3.05) is 20.4 Å². The lowest BCUT2D eigenvalue weighted by Gasteiger charge is -2.18. The standard InChI is InChI=1S/C20H24N2O5S/c1-14-4-7-19(15(2)10-14)28(24,25)21-9-8-20(23)22(3)12-16-5-6-17-18(11-16)27-13-26-17/h4-7,10-11,21H,8-9,12-13H2,1-3H3. The molecular formula is C20H24N2O5S. The van der Waals surface area contributed by atoms with E-state index in [1.807, 2.05) is 31.2 Å². The summed E-state index contributed by atoms with van der Waals surface area (Å²) in [5.41, 5.74) is 2.59. The first-order valence-electron chi connectivity index (χ1n) is 8.96. The van der Waals surface area contributed by atoms with Crippen LogP contribution in [0.1, 0.15) is 23.1 Å². The van der Waals surface area contributed by atoms with Gasteiger partial charge in [0.2, 0.25) is 22.7 Å². The van der Waals surface area contributed by atoms with Crippen LogP contribution in [0.3, 0.4) is 0 Å². The summed E-state index contributed by atoms with van der Waals surface area (Å²) in [6.45, 7) is 4.31. The third-order valence-corrected chi connectivity index (χ3v) is 6.15. The van der Waals surface area contributed by atoms with Crippen LogP contribution >= 0.6 is 0 Å². The Morgan fingerprint density at radius 3 is 2.61 bits per heavy atom. The van der Waals surface area contributed by atoms with Crippen molar-refractivity contribution in [3.63, 3.8) is 0 Å². The molecule has 1 amide bonds. The van der Waals surface area contributed by atoms with E-state index < -0.39 is 10.0 Å². The lowest BCUT2D eigenvalue weighted by molar-refractivity contribution is -0.130. The van der Waals surface area contributed by atoms with Gasteiger partial charge in [-0.25, -0.2) is 13.1 Å². The van der Waals surface area contributed by atoms with Crippen LogP contribution < -0.4 is 14.2 Å². The van der Waals surface area contributed by atoms with Crippen molar-refractivity contribution in [3.05, 3.63) is 53.1 Å². The second-order valence-corrected chi connectivity index (χ2v) is 8.59. The number of hydrogen-bond donors (Lipinski definition) is 1. The number of hydrogen-bond acceptors (Lipinski definition) is 5. The highest BCUT2D eigenvalue weighted by molar-refractivity contribution is 7.89. The van der Waals surface area contributed by atoms with Crippen molar-refractivity contribution in [2.45, 2.75) is 31.7 Å². The van der Waals surface area contributed by atoms with E-state index in [0.717, 1.165) is 11.1 Å². The number of rotatable bonds is 7. The van der Waals surface area contributed by atoms with Gasteiger partial charge in [0.05, 0.1) is 4.90 Å². The molecule has 0 aliphatic carbocycles. The minimum Gasteiger partial charge on any atom is -0.454 e. The molecule has 0 saturated carbocycles. The van der Waals surface area contributed by atoms with Crippen LogP contribution in [0.5, 0.6) is 11.5 Å². The van der Waals surface area contributed by atoms with Gasteiger partial charge >= 0.3 is 0 Å². The SMILES string of the molecule is Cc1ccc(S(=O)(=O)NCCC(=O)N(C)Cc2ccc3c(c2)OCO3)c(C)c1. The van der Waals surface area contributed by atoms with Gasteiger partial charge in [-0.1, -0.05) is 23.8 Å². The average molecular weight is 404 g/mol. The number of nitrogens with zero attached hydrogens (tertiary/aromatic N) is 1. The van der Waals surface area contributed by atoms with Crippen LogP contribution in [0, 0.1) is 13.8 Å². The van der Waals surface area contributed by atoms with Crippen molar-refractivity contribution >= 4 is 15.9 Å². The Labute approximate surface area is 165 Å². The summed E-state index contributed by atoms with van der Waals surface area (Å²) in [4.78, 5) is 14.1. The number of amides is 1. The van der Waals surface area contributed by atoms with Crippen LogP contribution in [-0.4, -0.2) is 39.6 Å². The topological polar surface area (TPSA) is 84.9 Å². The summed E-state index contributed by atoms with van der Waals surface area (Å²) in [6.07, 6.45) is 0.0746. The molecule has 0 bridgehead atoms. The second-order valence-electron chi connectivity index (χ2n) is 6.85. The van der Waals surface area contributed by atoms with Crippen LogP contribution in [-0.2, 0) is 21.4 Å². The molecule has 0 radical (unpaired) electrons. The molecule has 0 atom stereocenters. The molecule has 2 aromatic rings. The maximum atomic E-state index is 12.5. The Balaban J connectivity index is 1.53. The van der Waals surface area contributed by atoms with Gasteiger partial charge < -0.3 is 14.4 Å². The number of nitrogens with one attached hydrogen (secondary N) is 1. The smallest absolute Gasteiger partial charge is 0.240 e. The molecule has 150 valence electrons. The first-order valence-corrected chi connectivity index (χ1v) is 10.4. The van der Waals surface area contributed by atoms with Gasteiger partial charge in [0.25, 0.3) is 0 Å². The van der Waals surface area contributed by atoms with Crippen LogP contribution in [0.25, 0.3) is 0 Å². The average Bonchev–Trinajstić information content (AvgIpc) is 3.08. The van der Waals surface area contributed by atoms with Gasteiger partial charge in [-0.05, 0) is 43.2 Å². The zero-order valence-corrected chi connectivity index (χ0v) is 17.0. The van der Waals surface area contributed by atoms with E-state index in [2.05, 4.69) is 4.72 Å². The van der Waals surface area contributed by atoms with E-state index in [4.69, 9.17) is 9.47 Å². The largest absolute Gasteiger partial charge is 0.454 e. The minimum atomic E-state index is -3.65. The molecule has 0 saturated heterocycles. The van der Waals surface area contributed by atoms with Crippen LogP contribution in [0.15, 0.2) is 41.3 Å². The Morgan fingerprint density at radius 1 is 1.11 bits per heavy atom. The van der Waals surface area contributed by atoms with Gasteiger partial charge in [0.1, 0.15) is 0 Å². The molecule has 7 nitrogen and oxygen atoms in total. The van der Waals surface area contributed by atoms with Crippen molar-refractivity contribution in [1.82, 2.24) is 9.62 Å². The van der Waals surface area contributed by atoms with Gasteiger partial charge in [0.15, 0.2) is 11.5 Å². The fourth-order valence-electron chi connectivity index (χ4n) is 3.06. The number of carbonyl (C=O) groups excluding carboxylic acids is 1. The van der Waals surface area contributed by atoms with Crippen LogP contribution in [0.4, 0.5) is 0 Å². The lowest BCUT2D eigenvalue weighted by atomic mass is 10.2. The first-order chi connectivity index (χ1) is 13.3. The quantitative estimate of drug-likeness (QED) is 0.766. The molecule has 0 fully saturated rings. The van der Waals surface area contributed by atoms with Crippen molar-refractivity contribution in [2.24, 2.45) is 0 Å². The summed E-state index contributed by atoms with van der Waals surface area (Å²) in [5.74, 6) is 1.21. The highest BCUT2D eigenvalue weighted by Crippen LogP contribution is 2.32. The van der Waals surface area contributed by atoms with E-state index in [1.54, 1.807) is 31.0 Å². The zero-order chi connectivity index (χ0) is 20.3. The van der Waals surface area contributed by atoms with E-state index in [1.165, 1.54) is 0 Å². The lowest BCUT2D eigenvalue weighted by Crippen LogP contribution is -2.32. The van der Waals surface area contributed by atoms with E-state index in [-0.39, 0.29) is 30.6 Å². The van der Waals surface area contributed by atoms with Crippen molar-refractivity contribution < 1.29 is 22.7 Å². The summed E-state index contributed by atoms with van der Waals surface area (Å²) in [5, 5.41) is 0. The molecule has 0 aromatic heterocycles. The van der Waals surface area contributed by atoms with Gasteiger partial charge in [-0.3, -0.25) is 4.79 Å². The molecule has 1 aliphatic heterocycles. The number of benzene rings is 2. The fraction of sp³-hybridized carbons (Fsp3) is 0.350. The molecular weight excluding hydrogens is 380 g/mol. The summed E-state index contributed by atoms with van der Waals surface area (Å²) in [6, 6.07) is 10.7. The van der Waals surface area contributed by atoms with E-state index >= 15 is 0 Å². The highest BCUT2D eigenvalue weighted by atomic mass is 32.2. The molecule has 8 heteroatoms. The van der Waals surface area contributed by atoms with Gasteiger partial charge in [-0.2, -0.15) is 0 Å². The molecule has 1 N–H and O–H groups in total. The monoisotopic (exact) mass is 404 g/mol. The number of sulfonamides is 1. The molecule has 1 heterocycles. The van der Waals surface area contributed by atoms with E-state index in [9.17, 15) is 13.2 Å². The summed E-state index contributed by atoms with van der Waals surface area (Å²) < 4.78 is 38.0. The second kappa shape index (κ2) is 8.20. The summed E-state index contributed by atoms with van der Waals surface area (Å²) >= 11 is 0. The third-order valence-electron chi connectivity index (χ3n) is 4.53. The Morgan fingerprint density at radius 2 is 1.86 bits per heavy atom. The van der Waals surface area contributed by atoms with Gasteiger partial charge in [-0.15, -0.1) is 0 Å². The predicted molar refractivity (Wildman–Crippen MR) is 105 cm³/mol. The Kier molecular flexibility index (Phi) is 5.90. The highest BCUT2D eigenvalue weighted by Gasteiger charge is 2.18. The molecule has 1 aliphatic rings. The first kappa shape index (κ1) is 20.2. The van der Waals surface area contributed by atoms with Gasteiger partial charge in [0, 0.05) is 26.6 Å². The normalized spacial score (nSPS) is 12.8. The van der Waals surface area contributed by atoms with Crippen molar-refractivity contribution in [3.8, 4) is 11.5 Å². The molecule has 0 spiro atoms. The summed E-state index contributed by atoms with van der Waals surface area (Å²) in [7, 11) is -1.96. The molecule has 0 unspecified atom stereocenters. The fourth-order valence-corrected chi connectivity index (χ4v) is 4.32. The van der Waals surface area contributed by atoms with Crippen molar-refractivity contribution in [1.29, 1.82) is 0 Å². The minimum absolute atomic E-state index is 0.0416. The van der Waals surface area contributed by atoms with Crippen LogP contribution in [0.2, 0.25) is 0 Å².